The molecule has 1 N–H and O–H groups in total. The van der Waals surface area contributed by atoms with E-state index < -0.39 is 11.8 Å². The molecule has 1 heterocycles. The molecule has 0 aliphatic rings. The molecule has 0 saturated heterocycles. The maximum absolute atomic E-state index is 13.9. The third kappa shape index (κ3) is 2.65. The van der Waals surface area contributed by atoms with Crippen molar-refractivity contribution < 1.29 is 14.3 Å². The molecule has 4 nitrogen and oxygen atoms in total. The number of aromatic carboxylic acids is 1. The minimum Gasteiger partial charge on any atom is -0.476 e. The molecule has 0 fully saturated rings. The molecular weight excluding hydrogens is 330 g/mol. The minimum absolute atomic E-state index is 0.0917. The standard InChI is InChI=1S/C15H9Cl2FN2O2/c16-9-3-4-13-11(5-9)14(15(21)22)19-20(13)7-8-1-2-10(17)6-12(8)18/h1-6H,7H2,(H,21,22). The SMILES string of the molecule is O=C(O)c1nn(Cc2ccc(Cl)cc2F)c2ccc(Cl)cc12. The van der Waals surface area contributed by atoms with Crippen molar-refractivity contribution in [3.05, 3.63) is 63.5 Å². The monoisotopic (exact) mass is 338 g/mol. The molecule has 1 aromatic heterocycles. The maximum atomic E-state index is 13.9. The molecule has 0 saturated carbocycles. The number of hydrogen-bond donors (Lipinski definition) is 1. The lowest BCUT2D eigenvalue weighted by molar-refractivity contribution is 0.0691. The second-order valence-electron chi connectivity index (χ2n) is 4.71. The van der Waals surface area contributed by atoms with E-state index in [1.165, 1.54) is 16.8 Å². The summed E-state index contributed by atoms with van der Waals surface area (Å²) in [5, 5.41) is 14.4. The zero-order chi connectivity index (χ0) is 15.9. The Balaban J connectivity index is 2.13. The zero-order valence-electron chi connectivity index (χ0n) is 11.1. The molecule has 0 unspecified atom stereocenters. The number of aromatic nitrogens is 2. The fourth-order valence-electron chi connectivity index (χ4n) is 2.24. The average molecular weight is 339 g/mol. The van der Waals surface area contributed by atoms with Gasteiger partial charge in [0, 0.05) is 21.0 Å². The van der Waals surface area contributed by atoms with E-state index in [0.29, 0.717) is 26.5 Å². The number of hydrogen-bond acceptors (Lipinski definition) is 2. The van der Waals surface area contributed by atoms with E-state index in [1.807, 2.05) is 0 Å². The highest BCUT2D eigenvalue weighted by atomic mass is 35.5. The number of carbonyl (C=O) groups is 1. The Morgan fingerprint density at radius 2 is 1.86 bits per heavy atom. The van der Waals surface area contributed by atoms with Gasteiger partial charge in [-0.15, -0.1) is 0 Å². The Labute approximate surface area is 134 Å². The van der Waals surface area contributed by atoms with Gasteiger partial charge in [0.15, 0.2) is 5.69 Å². The average Bonchev–Trinajstić information content (AvgIpc) is 2.80. The summed E-state index contributed by atoms with van der Waals surface area (Å²) in [6.07, 6.45) is 0. The van der Waals surface area contributed by atoms with Crippen LogP contribution in [-0.4, -0.2) is 20.9 Å². The first kappa shape index (κ1) is 14.8. The Morgan fingerprint density at radius 3 is 2.55 bits per heavy atom. The van der Waals surface area contributed by atoms with E-state index in [1.54, 1.807) is 24.3 Å². The van der Waals surface area contributed by atoms with Crippen LogP contribution in [0.2, 0.25) is 10.0 Å². The summed E-state index contributed by atoms with van der Waals surface area (Å²) < 4.78 is 15.3. The lowest BCUT2D eigenvalue weighted by Gasteiger charge is -2.05. The Bertz CT molecular complexity index is 893. The number of benzene rings is 2. The summed E-state index contributed by atoms with van der Waals surface area (Å²) in [6, 6.07) is 9.14. The lowest BCUT2D eigenvalue weighted by Crippen LogP contribution is -2.05. The van der Waals surface area contributed by atoms with Gasteiger partial charge in [0.2, 0.25) is 0 Å². The second-order valence-corrected chi connectivity index (χ2v) is 5.58. The summed E-state index contributed by atoms with van der Waals surface area (Å²) in [5.74, 6) is -1.63. The quantitative estimate of drug-likeness (QED) is 0.777. The molecule has 7 heteroatoms. The van der Waals surface area contributed by atoms with Crippen molar-refractivity contribution in [2.75, 3.05) is 0 Å². The van der Waals surface area contributed by atoms with Crippen LogP contribution < -0.4 is 0 Å². The predicted octanol–water partition coefficient (Wildman–Crippen LogP) is 4.23. The highest BCUT2D eigenvalue weighted by Gasteiger charge is 2.17. The second kappa shape index (κ2) is 5.59. The fraction of sp³-hybridized carbons (Fsp3) is 0.0667. The number of carboxylic acid groups (broad SMARTS) is 1. The first-order valence-corrected chi connectivity index (χ1v) is 7.04. The van der Waals surface area contributed by atoms with Gasteiger partial charge in [0.25, 0.3) is 0 Å². The van der Waals surface area contributed by atoms with Gasteiger partial charge in [0.05, 0.1) is 12.1 Å². The van der Waals surface area contributed by atoms with Gasteiger partial charge in [-0.25, -0.2) is 9.18 Å². The third-order valence-electron chi connectivity index (χ3n) is 3.25. The van der Waals surface area contributed by atoms with E-state index in [4.69, 9.17) is 23.2 Å². The number of nitrogens with zero attached hydrogens (tertiary/aromatic N) is 2. The molecule has 0 radical (unpaired) electrons. The van der Waals surface area contributed by atoms with Crippen LogP contribution in [0, 0.1) is 5.82 Å². The summed E-state index contributed by atoms with van der Waals surface area (Å²) in [5.41, 5.74) is 0.809. The van der Waals surface area contributed by atoms with Gasteiger partial charge in [-0.1, -0.05) is 29.3 Å². The lowest BCUT2D eigenvalue weighted by atomic mass is 10.2. The van der Waals surface area contributed by atoms with Crippen molar-refractivity contribution in [3.63, 3.8) is 0 Å². The van der Waals surface area contributed by atoms with Gasteiger partial charge in [-0.2, -0.15) is 5.10 Å². The molecule has 3 aromatic rings. The summed E-state index contributed by atoms with van der Waals surface area (Å²) in [4.78, 5) is 11.3. The first-order valence-electron chi connectivity index (χ1n) is 6.29. The van der Waals surface area contributed by atoms with Crippen LogP contribution in [0.15, 0.2) is 36.4 Å². The number of carboxylic acids is 1. The van der Waals surface area contributed by atoms with Crippen LogP contribution in [0.4, 0.5) is 4.39 Å². The fourth-order valence-corrected chi connectivity index (χ4v) is 2.57. The topological polar surface area (TPSA) is 55.1 Å². The van der Waals surface area contributed by atoms with Crippen molar-refractivity contribution in [2.45, 2.75) is 6.54 Å². The molecule has 0 aliphatic heterocycles. The van der Waals surface area contributed by atoms with Crippen LogP contribution in [0.3, 0.4) is 0 Å². The molecule has 0 amide bonds. The van der Waals surface area contributed by atoms with E-state index in [2.05, 4.69) is 5.10 Å². The highest BCUT2D eigenvalue weighted by molar-refractivity contribution is 6.31. The molecular formula is C15H9Cl2FN2O2. The van der Waals surface area contributed by atoms with Gasteiger partial charge in [-0.05, 0) is 30.3 Å². The van der Waals surface area contributed by atoms with Gasteiger partial charge in [0.1, 0.15) is 5.82 Å². The Hall–Kier alpha value is -2.11. The summed E-state index contributed by atoms with van der Waals surface area (Å²) in [6.45, 7) is 0.0917. The molecule has 112 valence electrons. The van der Waals surface area contributed by atoms with E-state index >= 15 is 0 Å². The number of rotatable bonds is 3. The Morgan fingerprint density at radius 1 is 1.18 bits per heavy atom. The molecule has 0 bridgehead atoms. The smallest absolute Gasteiger partial charge is 0.357 e. The van der Waals surface area contributed by atoms with E-state index in [-0.39, 0.29) is 12.2 Å². The van der Waals surface area contributed by atoms with Gasteiger partial charge < -0.3 is 5.11 Å². The van der Waals surface area contributed by atoms with Crippen molar-refractivity contribution in [1.82, 2.24) is 9.78 Å². The molecule has 0 atom stereocenters. The third-order valence-corrected chi connectivity index (χ3v) is 3.72. The van der Waals surface area contributed by atoms with Crippen molar-refractivity contribution in [1.29, 1.82) is 0 Å². The highest BCUT2D eigenvalue weighted by Crippen LogP contribution is 2.24. The van der Waals surface area contributed by atoms with Crippen LogP contribution in [0.1, 0.15) is 16.1 Å². The first-order chi connectivity index (χ1) is 10.5. The Kier molecular flexibility index (Phi) is 3.76. The zero-order valence-corrected chi connectivity index (χ0v) is 12.6. The normalized spacial score (nSPS) is 11.0. The van der Waals surface area contributed by atoms with Crippen molar-refractivity contribution >= 4 is 40.1 Å². The summed E-state index contributed by atoms with van der Waals surface area (Å²) >= 11 is 11.6. The largest absolute Gasteiger partial charge is 0.476 e. The van der Waals surface area contributed by atoms with Crippen molar-refractivity contribution in [2.24, 2.45) is 0 Å². The van der Waals surface area contributed by atoms with Crippen molar-refractivity contribution in [3.8, 4) is 0 Å². The van der Waals surface area contributed by atoms with Crippen LogP contribution in [0.25, 0.3) is 10.9 Å². The summed E-state index contributed by atoms with van der Waals surface area (Å²) in [7, 11) is 0. The molecule has 0 spiro atoms. The number of fused-ring (bicyclic) bond motifs is 1. The molecule has 0 aliphatic carbocycles. The van der Waals surface area contributed by atoms with E-state index in [9.17, 15) is 14.3 Å². The predicted molar refractivity (Wildman–Crippen MR) is 82.2 cm³/mol. The van der Waals surface area contributed by atoms with Crippen LogP contribution >= 0.6 is 23.2 Å². The molecule has 22 heavy (non-hydrogen) atoms. The maximum Gasteiger partial charge on any atom is 0.357 e. The van der Waals surface area contributed by atoms with Crippen LogP contribution in [-0.2, 0) is 6.54 Å². The van der Waals surface area contributed by atoms with Crippen LogP contribution in [0.5, 0.6) is 0 Å². The molecule has 3 rings (SSSR count). The van der Waals surface area contributed by atoms with E-state index in [0.717, 1.165) is 0 Å². The minimum atomic E-state index is -1.16. The van der Waals surface area contributed by atoms with Gasteiger partial charge in [-0.3, -0.25) is 4.68 Å². The molecule has 2 aromatic carbocycles. The van der Waals surface area contributed by atoms with Gasteiger partial charge >= 0.3 is 5.97 Å². The number of halogens is 3.